The molecular weight excluding hydrogens is 327 g/mol. The summed E-state index contributed by atoms with van der Waals surface area (Å²) in [5.41, 5.74) is -0.351. The third-order valence-corrected chi connectivity index (χ3v) is 4.32. The molecule has 1 amide bonds. The fourth-order valence-electron chi connectivity index (χ4n) is 2.52. The van der Waals surface area contributed by atoms with Gasteiger partial charge in [0.15, 0.2) is 0 Å². The first-order chi connectivity index (χ1) is 8.76. The molecule has 0 aromatic heterocycles. The molecule has 19 heavy (non-hydrogen) atoms. The van der Waals surface area contributed by atoms with Gasteiger partial charge in [0.2, 0.25) is 5.91 Å². The first kappa shape index (κ1) is 16.8. The highest BCUT2D eigenvalue weighted by molar-refractivity contribution is 9.09. The summed E-state index contributed by atoms with van der Waals surface area (Å²) in [5.74, 6) is 0.0143. The molecule has 112 valence electrons. The molecule has 0 radical (unpaired) electrons. The van der Waals surface area contributed by atoms with E-state index >= 15 is 0 Å². The topological polar surface area (TPSA) is 38.3 Å². The molecular formula is C12H19BrF3NO2. The van der Waals surface area contributed by atoms with E-state index in [1.807, 2.05) is 0 Å². The van der Waals surface area contributed by atoms with Crippen molar-refractivity contribution in [1.82, 2.24) is 5.32 Å². The Bertz CT molecular complexity index is 312. The highest BCUT2D eigenvalue weighted by Gasteiger charge is 2.35. The fraction of sp³-hybridized carbons (Fsp3) is 0.917. The summed E-state index contributed by atoms with van der Waals surface area (Å²) in [6, 6.07) is 0. The molecule has 1 fully saturated rings. The molecule has 0 spiro atoms. The van der Waals surface area contributed by atoms with Gasteiger partial charge in [-0.1, -0.05) is 35.7 Å². The number of amides is 1. The van der Waals surface area contributed by atoms with Crippen molar-refractivity contribution < 1.29 is 22.7 Å². The van der Waals surface area contributed by atoms with Gasteiger partial charge in [-0.15, -0.1) is 0 Å². The summed E-state index contributed by atoms with van der Waals surface area (Å²) in [6.45, 7) is 0.170. The minimum atomic E-state index is -4.40. The highest BCUT2D eigenvalue weighted by Crippen LogP contribution is 2.33. The monoisotopic (exact) mass is 345 g/mol. The fourth-order valence-corrected chi connectivity index (χ4v) is 3.17. The van der Waals surface area contributed by atoms with Gasteiger partial charge in [-0.25, -0.2) is 0 Å². The van der Waals surface area contributed by atoms with Gasteiger partial charge in [0.1, 0.15) is 13.2 Å². The molecule has 0 heterocycles. The first-order valence-electron chi connectivity index (χ1n) is 6.28. The SMILES string of the molecule is CC1CCCC(CBr)(NC(=O)COCC(F)(F)F)C1. The van der Waals surface area contributed by atoms with E-state index in [0.717, 1.165) is 25.7 Å². The quantitative estimate of drug-likeness (QED) is 0.778. The van der Waals surface area contributed by atoms with Crippen LogP contribution in [0.15, 0.2) is 0 Å². The van der Waals surface area contributed by atoms with E-state index in [0.29, 0.717) is 11.2 Å². The Kier molecular flexibility index (Phi) is 6.11. The van der Waals surface area contributed by atoms with Crippen molar-refractivity contribution in [1.29, 1.82) is 0 Å². The minimum Gasteiger partial charge on any atom is -0.362 e. The Labute approximate surface area is 119 Å². The molecule has 2 unspecified atom stereocenters. The van der Waals surface area contributed by atoms with E-state index in [4.69, 9.17) is 0 Å². The van der Waals surface area contributed by atoms with Gasteiger partial charge < -0.3 is 10.1 Å². The van der Waals surface area contributed by atoms with Gasteiger partial charge in [-0.05, 0) is 18.8 Å². The van der Waals surface area contributed by atoms with Gasteiger partial charge in [-0.3, -0.25) is 4.79 Å². The largest absolute Gasteiger partial charge is 0.411 e. The van der Waals surface area contributed by atoms with Crippen LogP contribution in [0.5, 0.6) is 0 Å². The summed E-state index contributed by atoms with van der Waals surface area (Å²) < 4.78 is 40.0. The average molecular weight is 346 g/mol. The Morgan fingerprint density at radius 1 is 1.53 bits per heavy atom. The van der Waals surface area contributed by atoms with Crippen molar-refractivity contribution >= 4 is 21.8 Å². The van der Waals surface area contributed by atoms with Crippen molar-refractivity contribution in [2.75, 3.05) is 18.5 Å². The van der Waals surface area contributed by atoms with Crippen LogP contribution in [0, 0.1) is 5.92 Å². The van der Waals surface area contributed by atoms with Gasteiger partial charge >= 0.3 is 6.18 Å². The molecule has 0 saturated heterocycles. The normalized spacial score (nSPS) is 28.2. The van der Waals surface area contributed by atoms with E-state index in [-0.39, 0.29) is 5.54 Å². The maximum Gasteiger partial charge on any atom is 0.411 e. The summed E-state index contributed by atoms with van der Waals surface area (Å²) in [6.07, 6.45) is -0.588. The van der Waals surface area contributed by atoms with Crippen molar-refractivity contribution in [2.45, 2.75) is 44.3 Å². The highest BCUT2D eigenvalue weighted by atomic mass is 79.9. The number of carbonyl (C=O) groups excluding carboxylic acids is 1. The molecule has 7 heteroatoms. The Hall–Kier alpha value is -0.300. The number of alkyl halides is 4. The third kappa shape index (κ3) is 6.12. The zero-order valence-corrected chi connectivity index (χ0v) is 12.4. The van der Waals surface area contributed by atoms with Crippen LogP contribution in [-0.4, -0.2) is 36.2 Å². The van der Waals surface area contributed by atoms with Crippen LogP contribution in [0.2, 0.25) is 0 Å². The Morgan fingerprint density at radius 3 is 2.74 bits per heavy atom. The lowest BCUT2D eigenvalue weighted by Crippen LogP contribution is -2.53. The van der Waals surface area contributed by atoms with Crippen LogP contribution < -0.4 is 5.32 Å². The maximum atomic E-state index is 11.9. The summed E-state index contributed by atoms with van der Waals surface area (Å²) in [7, 11) is 0. The van der Waals surface area contributed by atoms with E-state index in [1.165, 1.54) is 0 Å². The smallest absolute Gasteiger partial charge is 0.362 e. The van der Waals surface area contributed by atoms with Gasteiger partial charge in [0, 0.05) is 5.33 Å². The second kappa shape index (κ2) is 6.92. The lowest BCUT2D eigenvalue weighted by molar-refractivity contribution is -0.176. The number of carbonyl (C=O) groups is 1. The van der Waals surface area contributed by atoms with E-state index < -0.39 is 25.3 Å². The number of rotatable bonds is 5. The Morgan fingerprint density at radius 2 is 2.21 bits per heavy atom. The van der Waals surface area contributed by atoms with Crippen LogP contribution in [0.4, 0.5) is 13.2 Å². The van der Waals surface area contributed by atoms with Crippen LogP contribution in [0.3, 0.4) is 0 Å². The first-order valence-corrected chi connectivity index (χ1v) is 7.40. The second-order valence-corrected chi connectivity index (χ2v) is 5.83. The van der Waals surface area contributed by atoms with Gasteiger partial charge in [-0.2, -0.15) is 13.2 Å². The second-order valence-electron chi connectivity index (χ2n) is 5.27. The average Bonchev–Trinajstić information content (AvgIpc) is 2.27. The number of nitrogens with one attached hydrogen (secondary N) is 1. The minimum absolute atomic E-state index is 0.351. The van der Waals surface area contributed by atoms with Crippen LogP contribution in [0.1, 0.15) is 32.6 Å². The lowest BCUT2D eigenvalue weighted by Gasteiger charge is -2.39. The summed E-state index contributed by atoms with van der Waals surface area (Å²) in [5, 5.41) is 3.43. The standard InChI is InChI=1S/C12H19BrF3NO2/c1-9-3-2-4-11(5-9,7-13)17-10(18)6-19-8-12(14,15)16/h9H,2-8H2,1H3,(H,17,18). The predicted octanol–water partition coefficient (Wildman–Crippen LogP) is 3.03. The molecule has 1 N–H and O–H groups in total. The molecule has 1 aliphatic carbocycles. The van der Waals surface area contributed by atoms with Gasteiger partial charge in [0.25, 0.3) is 0 Å². The molecule has 1 aliphatic rings. The van der Waals surface area contributed by atoms with Crippen molar-refractivity contribution in [3.63, 3.8) is 0 Å². The molecule has 1 rings (SSSR count). The van der Waals surface area contributed by atoms with Crippen LogP contribution >= 0.6 is 15.9 Å². The lowest BCUT2D eigenvalue weighted by atomic mass is 9.77. The number of hydrogen-bond donors (Lipinski definition) is 1. The Balaban J connectivity index is 2.40. The molecule has 0 aliphatic heterocycles. The third-order valence-electron chi connectivity index (χ3n) is 3.25. The van der Waals surface area contributed by atoms with E-state index in [2.05, 4.69) is 32.9 Å². The van der Waals surface area contributed by atoms with Crippen LogP contribution in [-0.2, 0) is 9.53 Å². The van der Waals surface area contributed by atoms with Crippen molar-refractivity contribution in [3.8, 4) is 0 Å². The van der Waals surface area contributed by atoms with Gasteiger partial charge in [0.05, 0.1) is 5.54 Å². The van der Waals surface area contributed by atoms with Crippen molar-refractivity contribution in [2.24, 2.45) is 5.92 Å². The van der Waals surface area contributed by atoms with Crippen molar-refractivity contribution in [3.05, 3.63) is 0 Å². The van der Waals surface area contributed by atoms with E-state index in [1.54, 1.807) is 0 Å². The zero-order valence-electron chi connectivity index (χ0n) is 10.9. The van der Waals surface area contributed by atoms with E-state index in [9.17, 15) is 18.0 Å². The summed E-state index contributed by atoms with van der Waals surface area (Å²) >= 11 is 3.39. The number of ether oxygens (including phenoxy) is 1. The predicted molar refractivity (Wildman–Crippen MR) is 69.2 cm³/mol. The number of halogens is 4. The molecule has 1 saturated carbocycles. The molecule has 3 nitrogen and oxygen atoms in total. The number of hydrogen-bond acceptors (Lipinski definition) is 2. The molecule has 2 atom stereocenters. The summed E-state index contributed by atoms with van der Waals surface area (Å²) in [4.78, 5) is 11.6. The molecule has 0 aromatic carbocycles. The molecule has 0 bridgehead atoms. The molecule has 0 aromatic rings. The zero-order chi connectivity index (χ0) is 14.5. The maximum absolute atomic E-state index is 11.9. The van der Waals surface area contributed by atoms with Crippen LogP contribution in [0.25, 0.3) is 0 Å².